The predicted octanol–water partition coefficient (Wildman–Crippen LogP) is 2.57. The molecule has 0 radical (unpaired) electrons. The van der Waals surface area contributed by atoms with Gasteiger partial charge in [-0.2, -0.15) is 18.2 Å². The summed E-state index contributed by atoms with van der Waals surface area (Å²) in [7, 11) is 0. The van der Waals surface area contributed by atoms with E-state index in [1.165, 1.54) is 0 Å². The molecule has 102 valence electrons. The number of phenolic OH excluding ortho intramolecular Hbond substituents is 1. The van der Waals surface area contributed by atoms with Crippen LogP contribution in [-0.2, 0) is 12.7 Å². The smallest absolute Gasteiger partial charge is 0.420 e. The van der Waals surface area contributed by atoms with Crippen LogP contribution in [0.4, 0.5) is 13.2 Å². The minimum Gasteiger partial charge on any atom is -0.506 e. The van der Waals surface area contributed by atoms with Gasteiger partial charge in [0.05, 0.1) is 17.1 Å². The van der Waals surface area contributed by atoms with Crippen LogP contribution in [0.5, 0.6) is 5.75 Å². The minimum absolute atomic E-state index is 0.0291. The summed E-state index contributed by atoms with van der Waals surface area (Å²) >= 11 is 5.55. The topological polar surface area (TPSA) is 85.2 Å². The third-order valence-electron chi connectivity index (χ3n) is 2.27. The first-order valence-corrected chi connectivity index (χ1v) is 5.33. The number of hydrogen-bond donors (Lipinski definition) is 2. The summed E-state index contributed by atoms with van der Waals surface area (Å²) in [6.45, 7) is -0.0368. The van der Waals surface area contributed by atoms with Gasteiger partial charge in [0.25, 0.3) is 0 Å². The number of aromatic nitrogens is 2. The number of nitrogens with zero attached hydrogens (tertiary/aromatic N) is 2. The molecule has 0 amide bonds. The molecule has 0 aliphatic rings. The van der Waals surface area contributed by atoms with Crippen LogP contribution >= 0.6 is 11.6 Å². The van der Waals surface area contributed by atoms with Crippen LogP contribution in [0.3, 0.4) is 0 Å². The molecular weight excluding hydrogens is 287 g/mol. The van der Waals surface area contributed by atoms with Crippen LogP contribution in [0.2, 0.25) is 5.02 Å². The predicted molar refractivity (Wildman–Crippen MR) is 59.3 cm³/mol. The molecule has 1 aromatic carbocycles. The summed E-state index contributed by atoms with van der Waals surface area (Å²) in [4.78, 5) is 3.78. The molecule has 0 atom stereocenters. The monoisotopic (exact) mass is 293 g/mol. The van der Waals surface area contributed by atoms with E-state index in [0.29, 0.717) is 6.07 Å². The van der Waals surface area contributed by atoms with Crippen LogP contribution in [0.15, 0.2) is 16.7 Å². The number of nitrogens with two attached hydrogens (primary N) is 1. The molecule has 1 heterocycles. The van der Waals surface area contributed by atoms with Crippen molar-refractivity contribution in [2.75, 3.05) is 0 Å². The molecule has 1 aromatic heterocycles. The van der Waals surface area contributed by atoms with Crippen LogP contribution in [-0.4, -0.2) is 15.2 Å². The molecule has 0 unspecified atom stereocenters. The van der Waals surface area contributed by atoms with Gasteiger partial charge in [0.1, 0.15) is 5.75 Å². The highest BCUT2D eigenvalue weighted by Gasteiger charge is 2.35. The van der Waals surface area contributed by atoms with Crippen molar-refractivity contribution in [2.45, 2.75) is 12.7 Å². The fourth-order valence-corrected chi connectivity index (χ4v) is 1.62. The maximum atomic E-state index is 12.7. The number of alkyl halides is 3. The van der Waals surface area contributed by atoms with Gasteiger partial charge >= 0.3 is 6.18 Å². The number of rotatable bonds is 2. The van der Waals surface area contributed by atoms with Crippen LogP contribution in [0.25, 0.3) is 11.4 Å². The van der Waals surface area contributed by atoms with Gasteiger partial charge in [-0.3, -0.25) is 0 Å². The van der Waals surface area contributed by atoms with Gasteiger partial charge in [0.15, 0.2) is 0 Å². The molecule has 0 aliphatic heterocycles. The Labute approximate surface area is 109 Å². The summed E-state index contributed by atoms with van der Waals surface area (Å²) in [5.41, 5.74) is 3.95. The second-order valence-electron chi connectivity index (χ2n) is 3.57. The molecule has 2 rings (SSSR count). The van der Waals surface area contributed by atoms with Gasteiger partial charge in [-0.1, -0.05) is 16.8 Å². The highest BCUT2D eigenvalue weighted by Crippen LogP contribution is 2.41. The van der Waals surface area contributed by atoms with E-state index >= 15 is 0 Å². The van der Waals surface area contributed by atoms with E-state index in [0.717, 1.165) is 6.07 Å². The van der Waals surface area contributed by atoms with Gasteiger partial charge in [-0.25, -0.2) is 0 Å². The van der Waals surface area contributed by atoms with Crippen molar-refractivity contribution >= 4 is 11.6 Å². The lowest BCUT2D eigenvalue weighted by atomic mass is 10.1. The van der Waals surface area contributed by atoms with E-state index in [4.69, 9.17) is 21.9 Å². The molecular formula is C10H7ClF3N3O2. The Morgan fingerprint density at radius 1 is 1.37 bits per heavy atom. The number of hydrogen-bond acceptors (Lipinski definition) is 5. The summed E-state index contributed by atoms with van der Waals surface area (Å²) in [6, 6.07) is 1.80. The molecule has 0 saturated heterocycles. The Kier molecular flexibility index (Phi) is 3.38. The maximum absolute atomic E-state index is 12.7. The average molecular weight is 294 g/mol. The zero-order chi connectivity index (χ0) is 14.2. The molecule has 3 N–H and O–H groups in total. The van der Waals surface area contributed by atoms with Crippen molar-refractivity contribution in [3.8, 4) is 17.1 Å². The van der Waals surface area contributed by atoms with E-state index in [2.05, 4.69) is 10.1 Å². The number of aromatic hydroxyl groups is 1. The second kappa shape index (κ2) is 4.71. The van der Waals surface area contributed by atoms with E-state index in [1.54, 1.807) is 0 Å². The van der Waals surface area contributed by atoms with Crippen molar-refractivity contribution < 1.29 is 22.8 Å². The Hall–Kier alpha value is -1.80. The zero-order valence-corrected chi connectivity index (χ0v) is 9.96. The third kappa shape index (κ3) is 2.64. The van der Waals surface area contributed by atoms with Crippen molar-refractivity contribution in [1.29, 1.82) is 0 Å². The molecule has 9 heteroatoms. The first-order chi connectivity index (χ1) is 8.82. The summed E-state index contributed by atoms with van der Waals surface area (Å²) in [6.07, 6.45) is -4.75. The summed E-state index contributed by atoms with van der Waals surface area (Å²) in [5, 5.41) is 12.3. The van der Waals surface area contributed by atoms with E-state index in [-0.39, 0.29) is 23.8 Å². The molecule has 2 aromatic rings. The Morgan fingerprint density at radius 2 is 2.05 bits per heavy atom. The molecule has 0 aliphatic carbocycles. The molecule has 0 spiro atoms. The van der Waals surface area contributed by atoms with Crippen LogP contribution < -0.4 is 5.73 Å². The van der Waals surface area contributed by atoms with E-state index < -0.39 is 22.5 Å². The quantitative estimate of drug-likeness (QED) is 0.889. The molecule has 19 heavy (non-hydrogen) atoms. The standard InChI is InChI=1S/C10H7ClF3N3O2/c11-6-2-4(9-16-7(3-15)19-17-9)1-5(8(6)18)10(12,13)14/h1-2,18H,3,15H2. The molecule has 0 fully saturated rings. The highest BCUT2D eigenvalue weighted by molar-refractivity contribution is 6.32. The normalized spacial score (nSPS) is 11.8. The van der Waals surface area contributed by atoms with Gasteiger partial charge < -0.3 is 15.4 Å². The first kappa shape index (κ1) is 13.6. The van der Waals surface area contributed by atoms with Gasteiger partial charge in [0.2, 0.25) is 11.7 Å². The molecule has 0 saturated carbocycles. The maximum Gasteiger partial charge on any atom is 0.420 e. The number of phenols is 1. The van der Waals surface area contributed by atoms with E-state index in [1.807, 2.05) is 0 Å². The Bertz CT molecular complexity index is 613. The second-order valence-corrected chi connectivity index (χ2v) is 3.98. The van der Waals surface area contributed by atoms with Crippen LogP contribution in [0.1, 0.15) is 11.5 Å². The van der Waals surface area contributed by atoms with Gasteiger partial charge in [-0.15, -0.1) is 0 Å². The lowest BCUT2D eigenvalue weighted by Crippen LogP contribution is -2.06. The molecule has 0 bridgehead atoms. The lowest BCUT2D eigenvalue weighted by Gasteiger charge is -2.11. The zero-order valence-electron chi connectivity index (χ0n) is 9.20. The van der Waals surface area contributed by atoms with Crippen LogP contribution in [0, 0.1) is 0 Å². The number of benzene rings is 1. The van der Waals surface area contributed by atoms with Crippen molar-refractivity contribution in [3.63, 3.8) is 0 Å². The van der Waals surface area contributed by atoms with Crippen molar-refractivity contribution in [3.05, 3.63) is 28.6 Å². The lowest BCUT2D eigenvalue weighted by molar-refractivity contribution is -0.138. The fraction of sp³-hybridized carbons (Fsp3) is 0.200. The molecule has 5 nitrogen and oxygen atoms in total. The third-order valence-corrected chi connectivity index (χ3v) is 2.56. The van der Waals surface area contributed by atoms with Crippen molar-refractivity contribution in [1.82, 2.24) is 10.1 Å². The van der Waals surface area contributed by atoms with Gasteiger partial charge in [-0.05, 0) is 12.1 Å². The van der Waals surface area contributed by atoms with Crippen molar-refractivity contribution in [2.24, 2.45) is 5.73 Å². The van der Waals surface area contributed by atoms with E-state index in [9.17, 15) is 18.3 Å². The average Bonchev–Trinajstić information content (AvgIpc) is 2.79. The van der Waals surface area contributed by atoms with Gasteiger partial charge in [0, 0.05) is 5.56 Å². The summed E-state index contributed by atoms with van der Waals surface area (Å²) in [5.74, 6) is -1.05. The SMILES string of the molecule is NCc1nc(-c2cc(Cl)c(O)c(C(F)(F)F)c2)no1. The number of halogens is 4. The minimum atomic E-state index is -4.75. The summed E-state index contributed by atoms with van der Waals surface area (Å²) < 4.78 is 42.8. The Morgan fingerprint density at radius 3 is 2.58 bits per heavy atom. The first-order valence-electron chi connectivity index (χ1n) is 4.95. The fourth-order valence-electron chi connectivity index (χ4n) is 1.40. The Balaban J connectivity index is 2.56. The largest absolute Gasteiger partial charge is 0.506 e. The highest BCUT2D eigenvalue weighted by atomic mass is 35.5.